The van der Waals surface area contributed by atoms with E-state index in [1.54, 1.807) is 6.92 Å². The van der Waals surface area contributed by atoms with Gasteiger partial charge in [0.15, 0.2) is 0 Å². The zero-order valence-electron chi connectivity index (χ0n) is 9.26. The second-order valence-electron chi connectivity index (χ2n) is 3.54. The van der Waals surface area contributed by atoms with E-state index in [9.17, 15) is 22.0 Å². The predicted octanol–water partition coefficient (Wildman–Crippen LogP) is 1.42. The molecule has 0 saturated heterocycles. The largest absolute Gasteiger partial charge is 0.477 e. The first-order valence-corrected chi connectivity index (χ1v) is 6.13. The van der Waals surface area contributed by atoms with Crippen LogP contribution < -0.4 is 0 Å². The van der Waals surface area contributed by atoms with Gasteiger partial charge < -0.3 is 5.11 Å². The molecule has 5 nitrogen and oxygen atoms in total. The Bertz CT molecular complexity index is 536. The molecule has 0 amide bonds. The van der Waals surface area contributed by atoms with Crippen molar-refractivity contribution in [3.63, 3.8) is 0 Å². The third-order valence-electron chi connectivity index (χ3n) is 2.02. The van der Waals surface area contributed by atoms with Gasteiger partial charge >= 0.3 is 11.9 Å². The van der Waals surface area contributed by atoms with Gasteiger partial charge in [0.1, 0.15) is 6.61 Å². The first-order chi connectivity index (χ1) is 8.15. The van der Waals surface area contributed by atoms with Crippen molar-refractivity contribution >= 4 is 16.1 Å². The SMILES string of the molecule is Cc1ccc(S(=O)(=O)OCC(F)(F)C(=O)O)cc1. The van der Waals surface area contributed by atoms with Gasteiger partial charge in [-0.2, -0.15) is 17.2 Å². The third kappa shape index (κ3) is 3.47. The fourth-order valence-electron chi connectivity index (χ4n) is 0.986. The number of carboxylic acid groups (broad SMARTS) is 1. The maximum atomic E-state index is 12.7. The number of aliphatic carboxylic acids is 1. The lowest BCUT2D eigenvalue weighted by Crippen LogP contribution is -2.34. The van der Waals surface area contributed by atoms with E-state index >= 15 is 0 Å². The molecule has 0 spiro atoms. The minimum atomic E-state index is -4.39. The fraction of sp³-hybridized carbons (Fsp3) is 0.300. The average Bonchev–Trinajstić information content (AvgIpc) is 2.27. The Morgan fingerprint density at radius 3 is 2.28 bits per heavy atom. The molecule has 1 aromatic rings. The van der Waals surface area contributed by atoms with Crippen molar-refractivity contribution in [3.05, 3.63) is 29.8 Å². The van der Waals surface area contributed by atoms with Crippen molar-refractivity contribution in [2.24, 2.45) is 0 Å². The molecular formula is C10H10F2O5S. The zero-order valence-corrected chi connectivity index (χ0v) is 10.1. The van der Waals surface area contributed by atoms with Crippen LogP contribution in [0.2, 0.25) is 0 Å². The van der Waals surface area contributed by atoms with Crippen LogP contribution in [0.5, 0.6) is 0 Å². The Labute approximate surface area is 102 Å². The van der Waals surface area contributed by atoms with Gasteiger partial charge in [0.25, 0.3) is 10.1 Å². The molecule has 100 valence electrons. The molecule has 0 fully saturated rings. The topological polar surface area (TPSA) is 80.7 Å². The van der Waals surface area contributed by atoms with E-state index in [4.69, 9.17) is 5.11 Å². The molecule has 0 aliphatic carbocycles. The Morgan fingerprint density at radius 1 is 1.33 bits per heavy atom. The van der Waals surface area contributed by atoms with Crippen LogP contribution in [0.1, 0.15) is 5.56 Å². The number of rotatable bonds is 5. The lowest BCUT2D eigenvalue weighted by atomic mass is 10.2. The molecule has 0 unspecified atom stereocenters. The summed E-state index contributed by atoms with van der Waals surface area (Å²) in [7, 11) is -4.39. The van der Waals surface area contributed by atoms with Crippen LogP contribution in [0.3, 0.4) is 0 Å². The van der Waals surface area contributed by atoms with Crippen molar-refractivity contribution in [2.45, 2.75) is 17.7 Å². The predicted molar refractivity (Wildman–Crippen MR) is 56.9 cm³/mol. The summed E-state index contributed by atoms with van der Waals surface area (Å²) >= 11 is 0. The van der Waals surface area contributed by atoms with Gasteiger partial charge in [-0.15, -0.1) is 0 Å². The van der Waals surface area contributed by atoms with Gasteiger partial charge in [0.2, 0.25) is 0 Å². The smallest absolute Gasteiger partial charge is 0.377 e. The molecule has 0 radical (unpaired) electrons. The summed E-state index contributed by atoms with van der Waals surface area (Å²) in [4.78, 5) is 9.78. The van der Waals surface area contributed by atoms with Crippen LogP contribution >= 0.6 is 0 Å². The summed E-state index contributed by atoms with van der Waals surface area (Å²) in [5.41, 5.74) is 0.782. The first-order valence-electron chi connectivity index (χ1n) is 4.72. The standard InChI is InChI=1S/C10H10F2O5S/c1-7-2-4-8(5-3-7)18(15,16)17-6-10(11,12)9(13)14/h2-5H,6H2,1H3,(H,13,14). The number of aryl methyl sites for hydroxylation is 1. The quantitative estimate of drug-likeness (QED) is 0.825. The van der Waals surface area contributed by atoms with Crippen molar-refractivity contribution in [3.8, 4) is 0 Å². The Morgan fingerprint density at radius 2 is 1.83 bits per heavy atom. The number of benzene rings is 1. The summed E-state index contributed by atoms with van der Waals surface area (Å²) in [6.45, 7) is -0.0195. The number of carboxylic acids is 1. The normalized spacial score (nSPS) is 12.4. The molecule has 0 aromatic heterocycles. The van der Waals surface area contributed by atoms with Crippen molar-refractivity contribution in [2.75, 3.05) is 6.61 Å². The van der Waals surface area contributed by atoms with Gasteiger partial charge in [-0.05, 0) is 19.1 Å². The van der Waals surface area contributed by atoms with E-state index in [2.05, 4.69) is 4.18 Å². The van der Waals surface area contributed by atoms with E-state index in [0.717, 1.165) is 5.56 Å². The highest BCUT2D eigenvalue weighted by atomic mass is 32.2. The second kappa shape index (κ2) is 4.99. The van der Waals surface area contributed by atoms with Crippen LogP contribution in [-0.4, -0.2) is 32.0 Å². The molecule has 0 saturated carbocycles. The van der Waals surface area contributed by atoms with Gasteiger partial charge in [-0.1, -0.05) is 17.7 Å². The van der Waals surface area contributed by atoms with Crippen LogP contribution in [0, 0.1) is 6.92 Å². The molecule has 1 aromatic carbocycles. The Balaban J connectivity index is 2.84. The molecule has 0 atom stereocenters. The molecule has 0 aliphatic rings. The highest BCUT2D eigenvalue weighted by Crippen LogP contribution is 2.19. The molecule has 1 N–H and O–H groups in total. The number of alkyl halides is 2. The van der Waals surface area contributed by atoms with E-state index in [0.29, 0.717) is 0 Å². The van der Waals surface area contributed by atoms with E-state index in [1.807, 2.05) is 0 Å². The third-order valence-corrected chi connectivity index (χ3v) is 3.30. The zero-order chi connectivity index (χ0) is 14.0. The highest BCUT2D eigenvalue weighted by molar-refractivity contribution is 7.86. The molecule has 0 heterocycles. The van der Waals surface area contributed by atoms with Crippen molar-refractivity contribution < 1.29 is 31.3 Å². The molecule has 18 heavy (non-hydrogen) atoms. The summed E-state index contributed by atoms with van der Waals surface area (Å²) in [5.74, 6) is -6.70. The minimum Gasteiger partial charge on any atom is -0.477 e. The molecule has 0 aliphatic heterocycles. The summed E-state index contributed by atoms with van der Waals surface area (Å²) in [6, 6.07) is 5.30. The van der Waals surface area contributed by atoms with Crippen LogP contribution in [0.25, 0.3) is 0 Å². The number of hydrogen-bond acceptors (Lipinski definition) is 4. The van der Waals surface area contributed by atoms with Crippen molar-refractivity contribution in [1.82, 2.24) is 0 Å². The van der Waals surface area contributed by atoms with Crippen LogP contribution in [-0.2, 0) is 19.1 Å². The lowest BCUT2D eigenvalue weighted by Gasteiger charge is -2.11. The maximum absolute atomic E-state index is 12.7. The van der Waals surface area contributed by atoms with Gasteiger partial charge in [-0.25, -0.2) is 4.79 Å². The summed E-state index contributed by atoms with van der Waals surface area (Å²) < 4.78 is 52.3. The minimum absolute atomic E-state index is 0.311. The lowest BCUT2D eigenvalue weighted by molar-refractivity contribution is -0.168. The summed E-state index contributed by atoms with van der Waals surface area (Å²) in [6.07, 6.45) is 0. The Hall–Kier alpha value is -1.54. The van der Waals surface area contributed by atoms with E-state index in [-0.39, 0.29) is 4.90 Å². The molecular weight excluding hydrogens is 270 g/mol. The van der Waals surface area contributed by atoms with E-state index < -0.39 is 28.6 Å². The number of hydrogen-bond donors (Lipinski definition) is 1. The summed E-state index contributed by atoms with van der Waals surface area (Å²) in [5, 5.41) is 8.12. The fourth-order valence-corrected chi connectivity index (χ4v) is 1.89. The van der Waals surface area contributed by atoms with Crippen LogP contribution in [0.15, 0.2) is 29.2 Å². The van der Waals surface area contributed by atoms with Crippen molar-refractivity contribution in [1.29, 1.82) is 0 Å². The second-order valence-corrected chi connectivity index (χ2v) is 5.15. The number of halogens is 2. The molecule has 8 heteroatoms. The van der Waals surface area contributed by atoms with Gasteiger partial charge in [0, 0.05) is 0 Å². The number of carbonyl (C=O) groups is 1. The first kappa shape index (κ1) is 14.5. The Kier molecular flexibility index (Phi) is 4.02. The van der Waals surface area contributed by atoms with Gasteiger partial charge in [-0.3, -0.25) is 4.18 Å². The van der Waals surface area contributed by atoms with Crippen LogP contribution in [0.4, 0.5) is 8.78 Å². The van der Waals surface area contributed by atoms with E-state index in [1.165, 1.54) is 24.3 Å². The highest BCUT2D eigenvalue weighted by Gasteiger charge is 2.41. The molecule has 1 rings (SSSR count). The average molecular weight is 280 g/mol. The maximum Gasteiger partial charge on any atom is 0.377 e. The molecule has 0 bridgehead atoms. The monoisotopic (exact) mass is 280 g/mol. The van der Waals surface area contributed by atoms with Gasteiger partial charge in [0.05, 0.1) is 4.90 Å².